The minimum atomic E-state index is -2.59. The molecule has 1 fully saturated rings. The molecule has 1 saturated heterocycles. The minimum Gasteiger partial charge on any atom is -0.338 e. The highest BCUT2D eigenvalue weighted by molar-refractivity contribution is 7.99. The van der Waals surface area contributed by atoms with Crippen LogP contribution in [0.4, 0.5) is 13.6 Å². The summed E-state index contributed by atoms with van der Waals surface area (Å²) >= 11 is 1.82. The van der Waals surface area contributed by atoms with Gasteiger partial charge in [0, 0.05) is 50.0 Å². The van der Waals surface area contributed by atoms with Gasteiger partial charge in [-0.1, -0.05) is 0 Å². The Kier molecular flexibility index (Phi) is 5.00. The summed E-state index contributed by atoms with van der Waals surface area (Å²) in [7, 11) is 0. The second-order valence-electron chi connectivity index (χ2n) is 4.11. The maximum atomic E-state index is 12.6. The predicted molar refractivity (Wildman–Crippen MR) is 69.5 cm³/mol. The van der Waals surface area contributed by atoms with E-state index >= 15 is 0 Å². The number of hydrogen-bond donors (Lipinski definition) is 1. The Morgan fingerprint density at radius 2 is 2.21 bits per heavy atom. The van der Waals surface area contributed by atoms with Crippen LogP contribution in [0.1, 0.15) is 12.4 Å². The average molecular weight is 290 g/mol. The molecule has 1 aromatic rings. The molecular weight excluding hydrogens is 274 g/mol. The van der Waals surface area contributed by atoms with Gasteiger partial charge in [-0.3, -0.25) is 4.57 Å². The van der Waals surface area contributed by atoms with E-state index in [1.807, 2.05) is 11.8 Å². The highest BCUT2D eigenvalue weighted by Crippen LogP contribution is 2.12. The molecule has 0 aromatic carbocycles. The first-order chi connectivity index (χ1) is 9.18. The third-order valence-corrected chi connectivity index (χ3v) is 3.82. The highest BCUT2D eigenvalue weighted by atomic mass is 32.2. The molecule has 1 aromatic heterocycles. The Morgan fingerprint density at radius 1 is 1.47 bits per heavy atom. The number of aromatic nitrogens is 2. The van der Waals surface area contributed by atoms with Crippen LogP contribution in [0.5, 0.6) is 0 Å². The molecule has 0 unspecified atom stereocenters. The number of imidazole rings is 1. The van der Waals surface area contributed by atoms with Crippen LogP contribution in [0.2, 0.25) is 0 Å². The Bertz CT molecular complexity index is 421. The Hall–Kier alpha value is -1.31. The van der Waals surface area contributed by atoms with Crippen molar-refractivity contribution in [2.45, 2.75) is 13.0 Å². The smallest absolute Gasteiger partial charge is 0.319 e. The fraction of sp³-hybridized carbons (Fsp3) is 0.636. The molecule has 19 heavy (non-hydrogen) atoms. The van der Waals surface area contributed by atoms with E-state index in [-0.39, 0.29) is 11.9 Å². The first kappa shape index (κ1) is 14.1. The summed E-state index contributed by atoms with van der Waals surface area (Å²) in [5.74, 6) is 2.18. The SMILES string of the molecule is O=C(NCCc1nccn1C(F)F)N1CCSCC1. The van der Waals surface area contributed by atoms with Gasteiger partial charge >= 0.3 is 12.6 Å². The Balaban J connectivity index is 1.76. The van der Waals surface area contributed by atoms with Crippen LogP contribution >= 0.6 is 11.8 Å². The van der Waals surface area contributed by atoms with E-state index < -0.39 is 6.55 Å². The first-order valence-corrected chi connectivity index (χ1v) is 7.24. The lowest BCUT2D eigenvalue weighted by atomic mass is 10.4. The van der Waals surface area contributed by atoms with E-state index in [1.54, 1.807) is 4.90 Å². The number of alkyl halides is 2. The predicted octanol–water partition coefficient (Wildman–Crippen LogP) is 1.58. The van der Waals surface area contributed by atoms with E-state index in [0.29, 0.717) is 13.0 Å². The van der Waals surface area contributed by atoms with Crippen molar-refractivity contribution < 1.29 is 13.6 Å². The minimum absolute atomic E-state index is 0.129. The van der Waals surface area contributed by atoms with Crippen molar-refractivity contribution in [3.8, 4) is 0 Å². The van der Waals surface area contributed by atoms with Crippen LogP contribution in [0.15, 0.2) is 12.4 Å². The molecule has 106 valence electrons. The quantitative estimate of drug-likeness (QED) is 0.916. The summed E-state index contributed by atoms with van der Waals surface area (Å²) in [4.78, 5) is 17.4. The van der Waals surface area contributed by atoms with E-state index in [0.717, 1.165) is 29.2 Å². The number of urea groups is 1. The van der Waals surface area contributed by atoms with E-state index in [2.05, 4.69) is 10.3 Å². The Morgan fingerprint density at radius 3 is 2.89 bits per heavy atom. The topological polar surface area (TPSA) is 50.2 Å². The number of thioether (sulfide) groups is 1. The van der Waals surface area contributed by atoms with Crippen LogP contribution < -0.4 is 5.32 Å². The molecule has 0 bridgehead atoms. The molecule has 0 spiro atoms. The van der Waals surface area contributed by atoms with Gasteiger partial charge in [-0.05, 0) is 0 Å². The summed E-state index contributed by atoms with van der Waals surface area (Å²) in [6.45, 7) is -0.802. The normalized spacial score (nSPS) is 15.8. The van der Waals surface area contributed by atoms with Gasteiger partial charge in [-0.25, -0.2) is 9.78 Å². The summed E-state index contributed by atoms with van der Waals surface area (Å²) in [6.07, 6.45) is 2.88. The third-order valence-electron chi connectivity index (χ3n) is 2.88. The van der Waals surface area contributed by atoms with Crippen molar-refractivity contribution in [2.24, 2.45) is 0 Å². The van der Waals surface area contributed by atoms with Crippen molar-refractivity contribution in [3.05, 3.63) is 18.2 Å². The second-order valence-corrected chi connectivity index (χ2v) is 5.33. The maximum Gasteiger partial charge on any atom is 0.319 e. The van der Waals surface area contributed by atoms with Crippen LogP contribution in [-0.2, 0) is 6.42 Å². The molecule has 2 rings (SSSR count). The van der Waals surface area contributed by atoms with Crippen molar-refractivity contribution >= 4 is 17.8 Å². The largest absolute Gasteiger partial charge is 0.338 e. The van der Waals surface area contributed by atoms with Gasteiger partial charge in [0.15, 0.2) is 0 Å². The molecule has 1 N–H and O–H groups in total. The molecule has 0 saturated carbocycles. The second kappa shape index (κ2) is 6.74. The monoisotopic (exact) mass is 290 g/mol. The van der Waals surface area contributed by atoms with Gasteiger partial charge in [0.1, 0.15) is 5.82 Å². The van der Waals surface area contributed by atoms with E-state index in [4.69, 9.17) is 0 Å². The molecule has 1 aliphatic heterocycles. The number of carbonyl (C=O) groups excluding carboxylic acids is 1. The number of hydrogen-bond acceptors (Lipinski definition) is 3. The maximum absolute atomic E-state index is 12.6. The third kappa shape index (κ3) is 3.82. The lowest BCUT2D eigenvalue weighted by Crippen LogP contribution is -2.44. The van der Waals surface area contributed by atoms with Crippen molar-refractivity contribution in [1.82, 2.24) is 19.8 Å². The van der Waals surface area contributed by atoms with Gasteiger partial charge in [0.05, 0.1) is 0 Å². The summed E-state index contributed by atoms with van der Waals surface area (Å²) < 4.78 is 25.9. The zero-order valence-corrected chi connectivity index (χ0v) is 11.2. The fourth-order valence-electron chi connectivity index (χ4n) is 1.87. The van der Waals surface area contributed by atoms with Crippen molar-refractivity contribution in [1.29, 1.82) is 0 Å². The number of carbonyl (C=O) groups is 1. The number of amides is 2. The number of nitrogens with zero attached hydrogens (tertiary/aromatic N) is 3. The van der Waals surface area contributed by atoms with Crippen LogP contribution in [-0.4, -0.2) is 51.6 Å². The Labute approximate surface area is 114 Å². The van der Waals surface area contributed by atoms with Crippen molar-refractivity contribution in [3.63, 3.8) is 0 Å². The highest BCUT2D eigenvalue weighted by Gasteiger charge is 2.16. The number of rotatable bonds is 4. The van der Waals surface area contributed by atoms with Crippen molar-refractivity contribution in [2.75, 3.05) is 31.1 Å². The summed E-state index contributed by atoms with van der Waals surface area (Å²) in [5.41, 5.74) is 0. The first-order valence-electron chi connectivity index (χ1n) is 6.09. The van der Waals surface area contributed by atoms with E-state index in [9.17, 15) is 13.6 Å². The van der Waals surface area contributed by atoms with E-state index in [1.165, 1.54) is 12.4 Å². The molecule has 8 heteroatoms. The molecule has 2 amide bonds. The van der Waals surface area contributed by atoms with Crippen LogP contribution in [0.3, 0.4) is 0 Å². The molecule has 1 aliphatic rings. The summed E-state index contributed by atoms with van der Waals surface area (Å²) in [5, 5.41) is 2.74. The fourth-order valence-corrected chi connectivity index (χ4v) is 2.78. The number of halogens is 2. The van der Waals surface area contributed by atoms with Gasteiger partial charge < -0.3 is 10.2 Å². The molecular formula is C11H16F2N4OS. The summed E-state index contributed by atoms with van der Waals surface area (Å²) in [6, 6.07) is -0.129. The molecule has 0 aliphatic carbocycles. The molecule has 2 heterocycles. The standard InChI is InChI=1S/C11H16F2N4OS/c12-10(13)17-4-3-14-9(17)1-2-15-11(18)16-5-7-19-8-6-16/h3-4,10H,1-2,5-8H2,(H,15,18). The average Bonchev–Trinajstić information content (AvgIpc) is 2.88. The van der Waals surface area contributed by atoms with Gasteiger partial charge in [-0.15, -0.1) is 0 Å². The van der Waals surface area contributed by atoms with Crippen LogP contribution in [0.25, 0.3) is 0 Å². The van der Waals surface area contributed by atoms with Gasteiger partial charge in [0.25, 0.3) is 0 Å². The molecule has 0 radical (unpaired) electrons. The van der Waals surface area contributed by atoms with Gasteiger partial charge in [-0.2, -0.15) is 20.5 Å². The zero-order chi connectivity index (χ0) is 13.7. The lowest BCUT2D eigenvalue weighted by molar-refractivity contribution is 0.0670. The molecule has 0 atom stereocenters. The van der Waals surface area contributed by atoms with Gasteiger partial charge in [0.2, 0.25) is 0 Å². The number of nitrogens with one attached hydrogen (secondary N) is 1. The molecule has 5 nitrogen and oxygen atoms in total. The van der Waals surface area contributed by atoms with Crippen LogP contribution in [0, 0.1) is 0 Å². The zero-order valence-electron chi connectivity index (χ0n) is 10.4. The lowest BCUT2D eigenvalue weighted by Gasteiger charge is -2.26.